The van der Waals surface area contributed by atoms with Crippen molar-refractivity contribution in [3.05, 3.63) is 0 Å². The van der Waals surface area contributed by atoms with Gasteiger partial charge in [-0.3, -0.25) is 0 Å². The van der Waals surface area contributed by atoms with E-state index in [2.05, 4.69) is 17.1 Å². The van der Waals surface area contributed by atoms with E-state index in [1.54, 1.807) is 7.11 Å². The Balaban J connectivity index is 2.11. The summed E-state index contributed by atoms with van der Waals surface area (Å²) in [6, 6.07) is 0.587. The molecule has 1 aliphatic heterocycles. The zero-order chi connectivity index (χ0) is 14.1. The van der Waals surface area contributed by atoms with Gasteiger partial charge in [0.1, 0.15) is 0 Å². The summed E-state index contributed by atoms with van der Waals surface area (Å²) in [5, 5.41) is 13.2. The minimum absolute atomic E-state index is 0.393. The first kappa shape index (κ1) is 16.9. The molecule has 19 heavy (non-hydrogen) atoms. The van der Waals surface area contributed by atoms with E-state index in [0.717, 1.165) is 19.0 Å². The van der Waals surface area contributed by atoms with Gasteiger partial charge in [-0.25, -0.2) is 0 Å². The maximum absolute atomic E-state index is 9.90. The predicted molar refractivity (Wildman–Crippen MR) is 76.4 cm³/mol. The van der Waals surface area contributed by atoms with Gasteiger partial charge in [-0.2, -0.15) is 0 Å². The average molecular weight is 274 g/mol. The summed E-state index contributed by atoms with van der Waals surface area (Å²) in [5.41, 5.74) is 0. The van der Waals surface area contributed by atoms with Crippen molar-refractivity contribution in [1.82, 2.24) is 10.2 Å². The number of rotatable bonds is 9. The molecule has 0 aromatic carbocycles. The average Bonchev–Trinajstić information content (AvgIpc) is 2.43. The summed E-state index contributed by atoms with van der Waals surface area (Å²) in [4.78, 5) is 2.34. The van der Waals surface area contributed by atoms with Crippen LogP contribution >= 0.6 is 0 Å². The second-order valence-electron chi connectivity index (χ2n) is 5.44. The number of aliphatic hydroxyl groups is 1. The molecular weight excluding hydrogens is 244 g/mol. The van der Waals surface area contributed by atoms with Crippen LogP contribution in [0.15, 0.2) is 0 Å². The van der Waals surface area contributed by atoms with Gasteiger partial charge in [0.05, 0.1) is 25.9 Å². The molecule has 5 heteroatoms. The highest BCUT2D eigenvalue weighted by molar-refractivity contribution is 4.79. The number of β-amino-alcohol motifs (C(OH)–C–C–N with tert-alkyl or cyclic N) is 1. The molecule has 0 amide bonds. The zero-order valence-corrected chi connectivity index (χ0v) is 12.6. The minimum atomic E-state index is -0.393. The van der Waals surface area contributed by atoms with E-state index in [-0.39, 0.29) is 0 Å². The Bertz CT molecular complexity index is 221. The van der Waals surface area contributed by atoms with Crippen molar-refractivity contribution in [1.29, 1.82) is 0 Å². The van der Waals surface area contributed by atoms with Crippen molar-refractivity contribution in [2.45, 2.75) is 31.9 Å². The molecule has 1 heterocycles. The number of methoxy groups -OCH3 is 1. The lowest BCUT2D eigenvalue weighted by Gasteiger charge is -2.35. The second kappa shape index (κ2) is 9.66. The third-order valence-corrected chi connectivity index (χ3v) is 4.01. The summed E-state index contributed by atoms with van der Waals surface area (Å²) < 4.78 is 10.2. The molecular formula is C14H30N2O3. The van der Waals surface area contributed by atoms with E-state index >= 15 is 0 Å². The van der Waals surface area contributed by atoms with E-state index < -0.39 is 6.10 Å². The van der Waals surface area contributed by atoms with Gasteiger partial charge in [-0.1, -0.05) is 0 Å². The van der Waals surface area contributed by atoms with Gasteiger partial charge in [0.15, 0.2) is 0 Å². The third kappa shape index (κ3) is 6.68. The molecule has 0 bridgehead atoms. The van der Waals surface area contributed by atoms with Crippen LogP contribution in [0.1, 0.15) is 19.8 Å². The molecule has 1 fully saturated rings. The molecule has 1 rings (SSSR count). The Labute approximate surface area is 117 Å². The van der Waals surface area contributed by atoms with Gasteiger partial charge in [-0.15, -0.1) is 0 Å². The van der Waals surface area contributed by atoms with Crippen LogP contribution in [-0.2, 0) is 9.47 Å². The summed E-state index contributed by atoms with van der Waals surface area (Å²) in [7, 11) is 3.67. The fraction of sp³-hybridized carbons (Fsp3) is 1.00. The van der Waals surface area contributed by atoms with Crippen molar-refractivity contribution in [2.24, 2.45) is 5.92 Å². The molecule has 5 nitrogen and oxygen atoms in total. The van der Waals surface area contributed by atoms with Crippen LogP contribution in [0, 0.1) is 5.92 Å². The first-order chi connectivity index (χ1) is 9.17. The molecule has 0 spiro atoms. The van der Waals surface area contributed by atoms with E-state index in [1.165, 1.54) is 12.8 Å². The Kier molecular flexibility index (Phi) is 8.57. The van der Waals surface area contributed by atoms with Crippen molar-refractivity contribution < 1.29 is 14.6 Å². The fourth-order valence-corrected chi connectivity index (χ4v) is 2.58. The molecule has 0 aromatic heterocycles. The highest BCUT2D eigenvalue weighted by Gasteiger charge is 2.24. The number of nitrogens with zero attached hydrogens (tertiary/aromatic N) is 1. The van der Waals surface area contributed by atoms with Crippen LogP contribution in [0.2, 0.25) is 0 Å². The quantitative estimate of drug-likeness (QED) is 0.594. The first-order valence-electron chi connectivity index (χ1n) is 7.31. The Hall–Kier alpha value is -0.200. The zero-order valence-electron chi connectivity index (χ0n) is 12.6. The molecule has 0 aliphatic carbocycles. The van der Waals surface area contributed by atoms with Gasteiger partial charge in [0.25, 0.3) is 0 Å². The highest BCUT2D eigenvalue weighted by Crippen LogP contribution is 2.20. The third-order valence-electron chi connectivity index (χ3n) is 4.01. The van der Waals surface area contributed by atoms with Crippen LogP contribution in [-0.4, -0.2) is 75.8 Å². The number of ether oxygens (including phenoxy) is 2. The van der Waals surface area contributed by atoms with Gasteiger partial charge < -0.3 is 24.8 Å². The summed E-state index contributed by atoms with van der Waals surface area (Å²) in [6.45, 7) is 6.65. The summed E-state index contributed by atoms with van der Waals surface area (Å²) in [5.74, 6) is 0.761. The molecule has 1 aliphatic rings. The number of nitrogens with one attached hydrogen (secondary N) is 1. The van der Waals surface area contributed by atoms with Crippen LogP contribution in [0.25, 0.3) is 0 Å². The van der Waals surface area contributed by atoms with Gasteiger partial charge in [-0.05, 0) is 45.8 Å². The Morgan fingerprint density at radius 2 is 2.00 bits per heavy atom. The fourth-order valence-electron chi connectivity index (χ4n) is 2.58. The lowest BCUT2D eigenvalue weighted by Crippen LogP contribution is -2.44. The standard InChI is InChI=1S/C14H30N2O3/c1-12(15-2)13-4-6-16(7-5-13)10-14(17)11-19-9-8-18-3/h12-15,17H,4-11H2,1-3H3. The molecule has 0 aromatic rings. The van der Waals surface area contributed by atoms with Gasteiger partial charge in [0.2, 0.25) is 0 Å². The topological polar surface area (TPSA) is 54.0 Å². The molecule has 1 saturated heterocycles. The largest absolute Gasteiger partial charge is 0.389 e. The molecule has 114 valence electrons. The number of likely N-dealkylation sites (tertiary alicyclic amines) is 1. The van der Waals surface area contributed by atoms with E-state index in [4.69, 9.17) is 9.47 Å². The maximum atomic E-state index is 9.90. The molecule has 0 saturated carbocycles. The van der Waals surface area contributed by atoms with Crippen LogP contribution in [0.5, 0.6) is 0 Å². The van der Waals surface area contributed by atoms with Crippen LogP contribution in [0.4, 0.5) is 0 Å². The van der Waals surface area contributed by atoms with Gasteiger partial charge in [0, 0.05) is 19.7 Å². The van der Waals surface area contributed by atoms with Crippen LogP contribution in [0.3, 0.4) is 0 Å². The monoisotopic (exact) mass is 274 g/mol. The number of aliphatic hydroxyl groups excluding tert-OH is 1. The van der Waals surface area contributed by atoms with Crippen molar-refractivity contribution in [3.63, 3.8) is 0 Å². The van der Waals surface area contributed by atoms with Crippen molar-refractivity contribution in [3.8, 4) is 0 Å². The predicted octanol–water partition coefficient (Wildman–Crippen LogP) is 0.330. The number of hydrogen-bond donors (Lipinski definition) is 2. The van der Waals surface area contributed by atoms with Gasteiger partial charge >= 0.3 is 0 Å². The Morgan fingerprint density at radius 3 is 2.58 bits per heavy atom. The smallest absolute Gasteiger partial charge is 0.0900 e. The van der Waals surface area contributed by atoms with Crippen molar-refractivity contribution >= 4 is 0 Å². The Morgan fingerprint density at radius 1 is 1.32 bits per heavy atom. The molecule has 2 N–H and O–H groups in total. The molecule has 2 atom stereocenters. The van der Waals surface area contributed by atoms with E-state index in [0.29, 0.717) is 32.4 Å². The molecule has 2 unspecified atom stereocenters. The highest BCUT2D eigenvalue weighted by atomic mass is 16.5. The van der Waals surface area contributed by atoms with Crippen molar-refractivity contribution in [2.75, 3.05) is 53.6 Å². The number of piperidine rings is 1. The normalized spacial score (nSPS) is 21.5. The molecule has 0 radical (unpaired) electrons. The SMILES string of the molecule is CNC(C)C1CCN(CC(O)COCCOC)CC1. The van der Waals surface area contributed by atoms with E-state index in [1.807, 2.05) is 7.05 Å². The first-order valence-corrected chi connectivity index (χ1v) is 7.31. The summed E-state index contributed by atoms with van der Waals surface area (Å²) >= 11 is 0. The lowest BCUT2D eigenvalue weighted by atomic mass is 9.90. The lowest BCUT2D eigenvalue weighted by molar-refractivity contribution is -0.00523. The second-order valence-corrected chi connectivity index (χ2v) is 5.44. The summed E-state index contributed by atoms with van der Waals surface area (Å²) in [6.07, 6.45) is 2.02. The van der Waals surface area contributed by atoms with E-state index in [9.17, 15) is 5.11 Å². The minimum Gasteiger partial charge on any atom is -0.389 e. The van der Waals surface area contributed by atoms with Crippen LogP contribution < -0.4 is 5.32 Å². The number of hydrogen-bond acceptors (Lipinski definition) is 5. The maximum Gasteiger partial charge on any atom is 0.0900 e.